The van der Waals surface area contributed by atoms with E-state index in [0.29, 0.717) is 12.5 Å². The highest BCUT2D eigenvalue weighted by atomic mass is 127. The summed E-state index contributed by atoms with van der Waals surface area (Å²) in [5, 5.41) is 8.59. The molecule has 1 aliphatic rings. The molecule has 1 fully saturated rings. The average Bonchev–Trinajstić information content (AvgIpc) is 3.28. The molecule has 7 heteroatoms. The van der Waals surface area contributed by atoms with E-state index in [0.717, 1.165) is 42.6 Å². The molecule has 1 unspecified atom stereocenters. The van der Waals surface area contributed by atoms with Crippen molar-refractivity contribution in [2.24, 2.45) is 12.0 Å². The van der Waals surface area contributed by atoms with Gasteiger partial charge >= 0.3 is 0 Å². The number of halogens is 2. The molecule has 0 saturated carbocycles. The number of hydrogen-bond acceptors (Lipinski definition) is 2. The quantitative estimate of drug-likeness (QED) is 0.364. The Morgan fingerprint density at radius 2 is 2.11 bits per heavy atom. The zero-order valence-electron chi connectivity index (χ0n) is 17.2. The summed E-state index contributed by atoms with van der Waals surface area (Å²) in [4.78, 5) is 7.33. The van der Waals surface area contributed by atoms with Crippen molar-refractivity contribution in [1.29, 1.82) is 0 Å². The molecule has 0 amide bonds. The van der Waals surface area contributed by atoms with Gasteiger partial charge in [-0.3, -0.25) is 9.67 Å². The SMILES string of the molecule is CCNC(=NCC(C)(C)c1ccccc1Cl)N1CCC(c2cnn(C)c2)C1.I. The van der Waals surface area contributed by atoms with Gasteiger partial charge < -0.3 is 10.2 Å². The molecule has 1 aromatic carbocycles. The molecule has 1 aromatic heterocycles. The van der Waals surface area contributed by atoms with E-state index in [-0.39, 0.29) is 29.4 Å². The van der Waals surface area contributed by atoms with Crippen LogP contribution in [0.15, 0.2) is 41.7 Å². The van der Waals surface area contributed by atoms with E-state index in [9.17, 15) is 0 Å². The third-order valence-corrected chi connectivity index (χ3v) is 5.58. The topological polar surface area (TPSA) is 45.5 Å². The lowest BCUT2D eigenvalue weighted by molar-refractivity contribution is 0.474. The minimum Gasteiger partial charge on any atom is -0.357 e. The number of aliphatic imine (C=N–C) groups is 1. The highest BCUT2D eigenvalue weighted by Crippen LogP contribution is 2.30. The maximum absolute atomic E-state index is 6.42. The molecule has 28 heavy (non-hydrogen) atoms. The van der Waals surface area contributed by atoms with Gasteiger partial charge in [0.25, 0.3) is 0 Å². The second kappa shape index (κ2) is 9.96. The predicted molar refractivity (Wildman–Crippen MR) is 128 cm³/mol. The first-order chi connectivity index (χ1) is 12.9. The largest absolute Gasteiger partial charge is 0.357 e. The van der Waals surface area contributed by atoms with E-state index < -0.39 is 0 Å². The van der Waals surface area contributed by atoms with E-state index in [1.165, 1.54) is 5.56 Å². The first kappa shape index (κ1) is 23.0. The van der Waals surface area contributed by atoms with Gasteiger partial charge in [-0.25, -0.2) is 0 Å². The maximum atomic E-state index is 6.42. The Bertz CT molecular complexity index is 802. The Hall–Kier alpha value is -1.28. The van der Waals surface area contributed by atoms with Crippen LogP contribution in [0, 0.1) is 0 Å². The Kier molecular flexibility index (Phi) is 8.18. The Morgan fingerprint density at radius 3 is 2.75 bits per heavy atom. The predicted octanol–water partition coefficient (Wildman–Crippen LogP) is 4.42. The zero-order chi connectivity index (χ0) is 19.4. The van der Waals surface area contributed by atoms with Crippen LogP contribution in [0.2, 0.25) is 5.02 Å². The van der Waals surface area contributed by atoms with E-state index in [2.05, 4.69) is 48.3 Å². The van der Waals surface area contributed by atoms with Crippen molar-refractivity contribution in [3.63, 3.8) is 0 Å². The van der Waals surface area contributed by atoms with Crippen LogP contribution in [-0.4, -0.2) is 46.8 Å². The first-order valence-corrected chi connectivity index (χ1v) is 10.1. The normalized spacial score (nSPS) is 17.5. The van der Waals surface area contributed by atoms with Crippen LogP contribution < -0.4 is 5.32 Å². The molecule has 0 bridgehead atoms. The van der Waals surface area contributed by atoms with Crippen LogP contribution in [0.25, 0.3) is 0 Å². The van der Waals surface area contributed by atoms with Crippen molar-refractivity contribution in [3.05, 3.63) is 52.8 Å². The Balaban J connectivity index is 0.00000280. The lowest BCUT2D eigenvalue weighted by Crippen LogP contribution is -2.41. The van der Waals surface area contributed by atoms with Crippen LogP contribution in [-0.2, 0) is 12.5 Å². The van der Waals surface area contributed by atoms with Gasteiger partial charge in [-0.2, -0.15) is 5.10 Å². The Labute approximate surface area is 190 Å². The summed E-state index contributed by atoms with van der Waals surface area (Å²) in [6, 6.07) is 8.06. The summed E-state index contributed by atoms with van der Waals surface area (Å²) in [6.45, 7) is 10.0. The smallest absolute Gasteiger partial charge is 0.193 e. The van der Waals surface area contributed by atoms with Gasteiger partial charge in [0.2, 0.25) is 0 Å². The number of guanidine groups is 1. The van der Waals surface area contributed by atoms with Crippen molar-refractivity contribution in [2.45, 2.75) is 38.5 Å². The number of nitrogens with one attached hydrogen (secondary N) is 1. The Morgan fingerprint density at radius 1 is 1.36 bits per heavy atom. The standard InChI is InChI=1S/C21H30ClN5.HI/c1-5-23-20(24-15-21(2,3)18-8-6-7-9-19(18)22)27-11-10-16(14-27)17-12-25-26(4)13-17;/h6-9,12-13,16H,5,10-11,14-15H2,1-4H3,(H,23,24);1H. The van der Waals surface area contributed by atoms with E-state index in [4.69, 9.17) is 16.6 Å². The van der Waals surface area contributed by atoms with Gasteiger partial charge in [0, 0.05) is 49.2 Å². The van der Waals surface area contributed by atoms with E-state index in [1.54, 1.807) is 0 Å². The summed E-state index contributed by atoms with van der Waals surface area (Å²) in [5.41, 5.74) is 2.33. The van der Waals surface area contributed by atoms with Gasteiger partial charge in [-0.1, -0.05) is 43.6 Å². The fourth-order valence-corrected chi connectivity index (χ4v) is 4.06. The summed E-state index contributed by atoms with van der Waals surface area (Å²) in [6.07, 6.45) is 5.24. The highest BCUT2D eigenvalue weighted by molar-refractivity contribution is 14.0. The summed E-state index contributed by atoms with van der Waals surface area (Å²) in [5.74, 6) is 1.50. The number of hydrogen-bond donors (Lipinski definition) is 1. The second-order valence-corrected chi connectivity index (χ2v) is 8.32. The second-order valence-electron chi connectivity index (χ2n) is 7.91. The van der Waals surface area contributed by atoms with Gasteiger partial charge in [-0.15, -0.1) is 24.0 Å². The van der Waals surface area contributed by atoms with Gasteiger partial charge in [-0.05, 0) is 30.5 Å². The third-order valence-electron chi connectivity index (χ3n) is 5.25. The van der Waals surface area contributed by atoms with Crippen molar-refractivity contribution >= 4 is 41.5 Å². The molecule has 0 radical (unpaired) electrons. The number of likely N-dealkylation sites (tertiary alicyclic amines) is 1. The fourth-order valence-electron chi connectivity index (χ4n) is 3.67. The van der Waals surface area contributed by atoms with Crippen LogP contribution in [0.3, 0.4) is 0 Å². The summed E-state index contributed by atoms with van der Waals surface area (Å²) in [7, 11) is 1.97. The van der Waals surface area contributed by atoms with Crippen LogP contribution in [0.5, 0.6) is 0 Å². The molecule has 0 aliphatic carbocycles. The lowest BCUT2D eigenvalue weighted by atomic mass is 9.85. The summed E-state index contributed by atoms with van der Waals surface area (Å²) < 4.78 is 1.88. The summed E-state index contributed by atoms with van der Waals surface area (Å²) >= 11 is 6.42. The molecule has 0 spiro atoms. The van der Waals surface area contributed by atoms with Gasteiger partial charge in [0.1, 0.15) is 0 Å². The number of aryl methyl sites for hydroxylation is 1. The fraction of sp³-hybridized carbons (Fsp3) is 0.524. The highest BCUT2D eigenvalue weighted by Gasteiger charge is 2.28. The van der Waals surface area contributed by atoms with E-state index >= 15 is 0 Å². The van der Waals surface area contributed by atoms with Crippen LogP contribution in [0.1, 0.15) is 44.2 Å². The molecule has 1 saturated heterocycles. The molecule has 1 atom stereocenters. The molecular weight excluding hydrogens is 485 g/mol. The minimum absolute atomic E-state index is 0. The van der Waals surface area contributed by atoms with Crippen LogP contribution in [0.4, 0.5) is 0 Å². The van der Waals surface area contributed by atoms with Crippen molar-refractivity contribution in [1.82, 2.24) is 20.0 Å². The maximum Gasteiger partial charge on any atom is 0.193 e. The molecule has 5 nitrogen and oxygen atoms in total. The molecule has 2 aromatic rings. The van der Waals surface area contributed by atoms with Crippen molar-refractivity contribution in [2.75, 3.05) is 26.2 Å². The van der Waals surface area contributed by atoms with Crippen molar-refractivity contribution < 1.29 is 0 Å². The monoisotopic (exact) mass is 515 g/mol. The molecule has 1 aliphatic heterocycles. The molecular formula is C21H31ClIN5. The number of rotatable bonds is 5. The molecule has 154 valence electrons. The lowest BCUT2D eigenvalue weighted by Gasteiger charge is -2.27. The minimum atomic E-state index is -0.124. The first-order valence-electron chi connectivity index (χ1n) is 9.67. The van der Waals surface area contributed by atoms with Gasteiger partial charge in [0.15, 0.2) is 5.96 Å². The van der Waals surface area contributed by atoms with Crippen LogP contribution >= 0.6 is 35.6 Å². The molecule has 2 heterocycles. The number of benzene rings is 1. The molecule has 3 rings (SSSR count). The van der Waals surface area contributed by atoms with E-state index in [1.807, 2.05) is 36.1 Å². The third kappa shape index (κ3) is 5.41. The van der Waals surface area contributed by atoms with Gasteiger partial charge in [0.05, 0.1) is 12.7 Å². The number of aromatic nitrogens is 2. The molecule has 1 N–H and O–H groups in total. The average molecular weight is 516 g/mol. The zero-order valence-corrected chi connectivity index (χ0v) is 20.2. The van der Waals surface area contributed by atoms with Crippen molar-refractivity contribution in [3.8, 4) is 0 Å². The number of nitrogens with zero attached hydrogens (tertiary/aromatic N) is 4.